The summed E-state index contributed by atoms with van der Waals surface area (Å²) in [6, 6.07) is 21.3. The Labute approximate surface area is 186 Å². The van der Waals surface area contributed by atoms with Gasteiger partial charge in [-0.15, -0.1) is 0 Å². The van der Waals surface area contributed by atoms with E-state index in [4.69, 9.17) is 26.8 Å². The van der Waals surface area contributed by atoms with Gasteiger partial charge in [0.2, 0.25) is 5.88 Å². The average molecular weight is 482 g/mol. The molecule has 1 heterocycles. The zero-order valence-corrected chi connectivity index (χ0v) is 17.8. The molecule has 3 aromatic carbocycles. The molecule has 0 amide bonds. The standard InChI is InChI=1S/C23H14BrClN2O3/c24-19-4-2-1-3-16(19)23(28)29-15-9-10-17-20(11-15)30-22(27)18(12-26)21(17)13-5-7-14(25)8-6-13/h1-11,21H,27H2. The Hall–Kier alpha value is -3.27. The van der Waals surface area contributed by atoms with Crippen molar-refractivity contribution in [2.24, 2.45) is 5.73 Å². The van der Waals surface area contributed by atoms with E-state index in [0.29, 0.717) is 32.1 Å². The van der Waals surface area contributed by atoms with Gasteiger partial charge in [-0.1, -0.05) is 41.9 Å². The molecular weight excluding hydrogens is 468 g/mol. The van der Waals surface area contributed by atoms with Crippen molar-refractivity contribution >= 4 is 33.5 Å². The molecule has 0 aliphatic carbocycles. The summed E-state index contributed by atoms with van der Waals surface area (Å²) < 4.78 is 11.8. The second kappa shape index (κ2) is 8.23. The first-order chi connectivity index (χ1) is 14.5. The van der Waals surface area contributed by atoms with Crippen LogP contribution in [-0.2, 0) is 0 Å². The van der Waals surface area contributed by atoms with Crippen molar-refractivity contribution in [1.82, 2.24) is 0 Å². The zero-order valence-electron chi connectivity index (χ0n) is 15.4. The monoisotopic (exact) mass is 480 g/mol. The molecular formula is C23H14BrClN2O3. The van der Waals surface area contributed by atoms with E-state index in [9.17, 15) is 10.1 Å². The smallest absolute Gasteiger partial charge is 0.344 e. The summed E-state index contributed by atoms with van der Waals surface area (Å²) in [7, 11) is 0. The summed E-state index contributed by atoms with van der Waals surface area (Å²) in [5.74, 6) is -0.182. The Morgan fingerprint density at radius 3 is 2.57 bits per heavy atom. The van der Waals surface area contributed by atoms with Crippen molar-refractivity contribution in [3.8, 4) is 17.6 Å². The van der Waals surface area contributed by atoms with E-state index >= 15 is 0 Å². The van der Waals surface area contributed by atoms with Gasteiger partial charge in [-0.25, -0.2) is 4.79 Å². The van der Waals surface area contributed by atoms with Crippen LogP contribution in [0.5, 0.6) is 11.5 Å². The minimum Gasteiger partial charge on any atom is -0.440 e. The molecule has 1 atom stereocenters. The van der Waals surface area contributed by atoms with Crippen LogP contribution in [0.4, 0.5) is 0 Å². The number of halogens is 2. The molecule has 0 fully saturated rings. The zero-order chi connectivity index (χ0) is 21.3. The molecule has 1 aliphatic rings. The van der Waals surface area contributed by atoms with Gasteiger partial charge in [-0.05, 0) is 51.8 Å². The number of nitrogens with zero attached hydrogens (tertiary/aromatic N) is 1. The first kappa shape index (κ1) is 20.0. The fourth-order valence-electron chi connectivity index (χ4n) is 3.29. The van der Waals surface area contributed by atoms with Crippen molar-refractivity contribution in [3.05, 3.63) is 104 Å². The number of nitriles is 1. The number of rotatable bonds is 3. The molecule has 4 rings (SSSR count). The molecule has 1 aliphatic heterocycles. The Morgan fingerprint density at radius 2 is 1.87 bits per heavy atom. The molecule has 0 saturated heterocycles. The van der Waals surface area contributed by atoms with E-state index in [1.54, 1.807) is 48.5 Å². The summed E-state index contributed by atoms with van der Waals surface area (Å²) >= 11 is 9.35. The molecule has 0 bridgehead atoms. The molecule has 0 radical (unpaired) electrons. The van der Waals surface area contributed by atoms with Gasteiger partial charge in [0, 0.05) is 21.1 Å². The highest BCUT2D eigenvalue weighted by Gasteiger charge is 2.31. The third kappa shape index (κ3) is 3.78. The van der Waals surface area contributed by atoms with Crippen LogP contribution in [0.15, 0.2) is 82.7 Å². The fourth-order valence-corrected chi connectivity index (χ4v) is 3.86. The average Bonchev–Trinajstić information content (AvgIpc) is 2.73. The van der Waals surface area contributed by atoms with Crippen LogP contribution in [-0.4, -0.2) is 5.97 Å². The number of ether oxygens (including phenoxy) is 2. The number of esters is 1. The lowest BCUT2D eigenvalue weighted by molar-refractivity contribution is 0.0733. The minimum absolute atomic E-state index is 0.0132. The van der Waals surface area contributed by atoms with Crippen LogP contribution in [0.25, 0.3) is 0 Å². The summed E-state index contributed by atoms with van der Waals surface area (Å²) in [5.41, 5.74) is 8.32. The van der Waals surface area contributed by atoms with Gasteiger partial charge in [0.05, 0.1) is 11.5 Å². The molecule has 7 heteroatoms. The molecule has 30 heavy (non-hydrogen) atoms. The lowest BCUT2D eigenvalue weighted by atomic mass is 9.83. The van der Waals surface area contributed by atoms with E-state index in [-0.39, 0.29) is 5.88 Å². The SMILES string of the molecule is N#CC1=C(N)Oc2cc(OC(=O)c3ccccc3Br)ccc2C1c1ccc(Cl)cc1. The molecule has 3 aromatic rings. The second-order valence-electron chi connectivity index (χ2n) is 6.55. The Kier molecular flexibility index (Phi) is 5.49. The highest BCUT2D eigenvalue weighted by molar-refractivity contribution is 9.10. The van der Waals surface area contributed by atoms with Crippen LogP contribution < -0.4 is 15.2 Å². The van der Waals surface area contributed by atoms with Gasteiger partial charge in [-0.3, -0.25) is 0 Å². The first-order valence-corrected chi connectivity index (χ1v) is 10.1. The van der Waals surface area contributed by atoms with Gasteiger partial charge in [-0.2, -0.15) is 5.26 Å². The van der Waals surface area contributed by atoms with Gasteiger partial charge < -0.3 is 15.2 Å². The number of nitrogens with two attached hydrogens (primary N) is 1. The van der Waals surface area contributed by atoms with Crippen molar-refractivity contribution in [2.45, 2.75) is 5.92 Å². The van der Waals surface area contributed by atoms with Gasteiger partial charge >= 0.3 is 5.97 Å². The maximum absolute atomic E-state index is 12.5. The summed E-state index contributed by atoms with van der Waals surface area (Å²) in [6.45, 7) is 0. The van der Waals surface area contributed by atoms with E-state index in [2.05, 4.69) is 22.0 Å². The first-order valence-electron chi connectivity index (χ1n) is 8.91. The van der Waals surface area contributed by atoms with Crippen LogP contribution in [0, 0.1) is 11.3 Å². The number of fused-ring (bicyclic) bond motifs is 1. The Morgan fingerprint density at radius 1 is 1.13 bits per heavy atom. The van der Waals surface area contributed by atoms with E-state index < -0.39 is 11.9 Å². The van der Waals surface area contributed by atoms with Crippen LogP contribution >= 0.6 is 27.5 Å². The van der Waals surface area contributed by atoms with Crippen LogP contribution in [0.1, 0.15) is 27.4 Å². The summed E-state index contributed by atoms with van der Waals surface area (Å²) in [4.78, 5) is 12.5. The van der Waals surface area contributed by atoms with Crippen molar-refractivity contribution in [3.63, 3.8) is 0 Å². The molecule has 148 valence electrons. The Bertz CT molecular complexity index is 1220. The van der Waals surface area contributed by atoms with E-state index in [0.717, 1.165) is 11.1 Å². The largest absolute Gasteiger partial charge is 0.440 e. The highest BCUT2D eigenvalue weighted by Crippen LogP contribution is 2.43. The third-order valence-corrected chi connectivity index (χ3v) is 5.64. The molecule has 1 unspecified atom stereocenters. The quantitative estimate of drug-likeness (QED) is 0.392. The van der Waals surface area contributed by atoms with Gasteiger partial charge in [0.1, 0.15) is 23.1 Å². The molecule has 0 aromatic heterocycles. The lowest BCUT2D eigenvalue weighted by Crippen LogP contribution is -2.21. The molecule has 0 saturated carbocycles. The second-order valence-corrected chi connectivity index (χ2v) is 7.84. The predicted octanol–water partition coefficient (Wildman–Crippen LogP) is 5.54. The van der Waals surface area contributed by atoms with Crippen LogP contribution in [0.2, 0.25) is 5.02 Å². The number of carbonyl (C=O) groups is 1. The molecule has 0 spiro atoms. The number of benzene rings is 3. The highest BCUT2D eigenvalue weighted by atomic mass is 79.9. The third-order valence-electron chi connectivity index (χ3n) is 4.70. The van der Waals surface area contributed by atoms with E-state index in [1.807, 2.05) is 18.2 Å². The molecule has 5 nitrogen and oxygen atoms in total. The van der Waals surface area contributed by atoms with Crippen molar-refractivity contribution < 1.29 is 14.3 Å². The number of allylic oxidation sites excluding steroid dienone is 1. The fraction of sp³-hybridized carbons (Fsp3) is 0.0435. The maximum atomic E-state index is 12.5. The Balaban J connectivity index is 1.70. The van der Waals surface area contributed by atoms with Crippen LogP contribution in [0.3, 0.4) is 0 Å². The van der Waals surface area contributed by atoms with E-state index in [1.165, 1.54) is 0 Å². The predicted molar refractivity (Wildman–Crippen MR) is 116 cm³/mol. The maximum Gasteiger partial charge on any atom is 0.344 e. The summed E-state index contributed by atoms with van der Waals surface area (Å²) in [5, 5.41) is 10.2. The number of hydrogen-bond donors (Lipinski definition) is 1. The van der Waals surface area contributed by atoms with Gasteiger partial charge in [0.15, 0.2) is 0 Å². The lowest BCUT2D eigenvalue weighted by Gasteiger charge is -2.26. The molecule has 2 N–H and O–H groups in total. The summed E-state index contributed by atoms with van der Waals surface area (Å²) in [6.07, 6.45) is 0. The van der Waals surface area contributed by atoms with Crippen molar-refractivity contribution in [1.29, 1.82) is 5.26 Å². The van der Waals surface area contributed by atoms with Crippen molar-refractivity contribution in [2.75, 3.05) is 0 Å². The number of hydrogen-bond acceptors (Lipinski definition) is 5. The topological polar surface area (TPSA) is 85.3 Å². The van der Waals surface area contributed by atoms with Gasteiger partial charge in [0.25, 0.3) is 0 Å². The minimum atomic E-state index is -0.506. The number of carbonyl (C=O) groups excluding carboxylic acids is 1. The normalized spacial score (nSPS) is 15.0.